The molecule has 252 valence electrons. The van der Waals surface area contributed by atoms with Crippen molar-refractivity contribution in [2.24, 2.45) is 0 Å². The lowest BCUT2D eigenvalue weighted by Crippen LogP contribution is -2.30. The highest BCUT2D eigenvalue weighted by atomic mass is 32.2. The van der Waals surface area contributed by atoms with Gasteiger partial charge in [-0.25, -0.2) is 9.97 Å². The summed E-state index contributed by atoms with van der Waals surface area (Å²) in [7, 11) is -3.93. The molecule has 10 nitrogen and oxygen atoms in total. The zero-order valence-corrected chi connectivity index (χ0v) is 27.6. The van der Waals surface area contributed by atoms with Crippen molar-refractivity contribution in [3.8, 4) is 6.01 Å². The molecular weight excluding hydrogens is 572 g/mol. The summed E-state index contributed by atoms with van der Waals surface area (Å²) in [4.78, 5) is 8.26. The number of rotatable bonds is 33. The fourth-order valence-corrected chi connectivity index (χ4v) is 5.06. The van der Waals surface area contributed by atoms with Crippen LogP contribution < -0.4 is 4.74 Å². The molecule has 0 radical (unpaired) electrons. The van der Waals surface area contributed by atoms with Gasteiger partial charge < -0.3 is 23.7 Å². The second-order valence-electron chi connectivity index (χ2n) is 11.1. The van der Waals surface area contributed by atoms with Gasteiger partial charge >= 0.3 is 6.01 Å². The Balaban J connectivity index is 2.00. The first-order valence-electron chi connectivity index (χ1n) is 16.7. The van der Waals surface area contributed by atoms with Gasteiger partial charge in [0.05, 0.1) is 45.4 Å². The molecule has 0 aliphatic rings. The highest BCUT2D eigenvalue weighted by Crippen LogP contribution is 2.14. The van der Waals surface area contributed by atoms with Gasteiger partial charge in [-0.1, -0.05) is 103 Å². The highest BCUT2D eigenvalue weighted by Gasteiger charge is 2.13. The summed E-state index contributed by atoms with van der Waals surface area (Å²) in [6, 6.07) is 2.03. The van der Waals surface area contributed by atoms with Crippen LogP contribution in [0, 0.1) is 0 Å². The zero-order chi connectivity index (χ0) is 31.1. The first kappa shape index (κ1) is 39.7. The number of aromatic nitrogens is 2. The topological polar surface area (TPSA) is 126 Å². The van der Waals surface area contributed by atoms with E-state index >= 15 is 0 Å². The lowest BCUT2D eigenvalue weighted by Gasteiger charge is -2.18. The maximum atomic E-state index is 10.7. The van der Waals surface area contributed by atoms with Crippen LogP contribution in [-0.2, 0) is 29.1 Å². The normalized spacial score (nSPS) is 12.5. The average Bonchev–Trinajstić information content (AvgIpc) is 2.99. The third kappa shape index (κ3) is 29.1. The minimum absolute atomic E-state index is 0.246. The summed E-state index contributed by atoms with van der Waals surface area (Å²) in [6.45, 7) is 5.44. The Labute approximate surface area is 261 Å². The molecule has 1 heterocycles. The van der Waals surface area contributed by atoms with Crippen LogP contribution in [0.3, 0.4) is 0 Å². The van der Waals surface area contributed by atoms with Crippen LogP contribution in [-0.4, -0.2) is 87.7 Å². The quantitative estimate of drug-likeness (QED) is 0.0651. The first-order valence-corrected chi connectivity index (χ1v) is 18.3. The molecule has 0 saturated heterocycles. The van der Waals surface area contributed by atoms with Crippen molar-refractivity contribution in [3.05, 3.63) is 18.5 Å². The molecule has 1 rings (SSSR count). The monoisotopic (exact) mass is 632 g/mol. The summed E-state index contributed by atoms with van der Waals surface area (Å²) in [5.74, 6) is -0.303. The van der Waals surface area contributed by atoms with Crippen LogP contribution >= 0.6 is 0 Å². The second kappa shape index (κ2) is 29.3. The zero-order valence-electron chi connectivity index (χ0n) is 26.8. The van der Waals surface area contributed by atoms with E-state index in [1.165, 1.54) is 96.3 Å². The Bertz CT molecular complexity index is 817. The van der Waals surface area contributed by atoms with Crippen LogP contribution in [0.25, 0.3) is 0 Å². The van der Waals surface area contributed by atoms with Crippen LogP contribution in [0.4, 0.5) is 0 Å². The Morgan fingerprint density at radius 3 is 1.53 bits per heavy atom. The molecule has 0 bridgehead atoms. The SMILES string of the molecule is CCCCCCCCCCCCCCCCCCOCC(COCCOCCOCCCS(=O)(=O)O)Oc1ncccn1. The Morgan fingerprint density at radius 1 is 0.605 bits per heavy atom. The standard InChI is InChI=1S/C32H60N2O8S/c1-2-3-4-5-6-7-8-9-10-11-12-13-14-15-16-17-22-40-29-31(42-32-33-20-18-21-34-32)30-41-27-26-39-25-24-38-23-19-28-43(35,36)37/h18,20-21,31H,2-17,19,22-30H2,1H3,(H,35,36,37). The van der Waals surface area contributed by atoms with Crippen LogP contribution in [0.2, 0.25) is 0 Å². The summed E-state index contributed by atoms with van der Waals surface area (Å²) in [6.07, 6.45) is 24.7. The van der Waals surface area contributed by atoms with E-state index in [0.29, 0.717) is 52.3 Å². The molecule has 0 saturated carbocycles. The Kier molecular flexibility index (Phi) is 27.1. The molecule has 0 aliphatic heterocycles. The molecule has 1 unspecified atom stereocenters. The molecular formula is C32H60N2O8S. The lowest BCUT2D eigenvalue weighted by atomic mass is 10.0. The predicted molar refractivity (Wildman–Crippen MR) is 170 cm³/mol. The van der Waals surface area contributed by atoms with Crippen molar-refractivity contribution in [2.75, 3.05) is 58.6 Å². The van der Waals surface area contributed by atoms with Crippen molar-refractivity contribution in [1.29, 1.82) is 0 Å². The number of unbranched alkanes of at least 4 members (excludes halogenated alkanes) is 15. The summed E-state index contributed by atoms with van der Waals surface area (Å²) >= 11 is 0. The molecule has 0 spiro atoms. The van der Waals surface area contributed by atoms with E-state index in [4.69, 9.17) is 28.2 Å². The van der Waals surface area contributed by atoms with Gasteiger partial charge in [-0.05, 0) is 18.9 Å². The van der Waals surface area contributed by atoms with Crippen molar-refractivity contribution in [1.82, 2.24) is 9.97 Å². The smallest absolute Gasteiger partial charge is 0.316 e. The van der Waals surface area contributed by atoms with E-state index in [-0.39, 0.29) is 24.9 Å². The van der Waals surface area contributed by atoms with Gasteiger partial charge in [0.2, 0.25) is 0 Å². The maximum absolute atomic E-state index is 10.7. The Morgan fingerprint density at radius 2 is 1.02 bits per heavy atom. The number of hydrogen-bond acceptors (Lipinski definition) is 9. The van der Waals surface area contributed by atoms with Crippen LogP contribution in [0.15, 0.2) is 18.5 Å². The van der Waals surface area contributed by atoms with Crippen LogP contribution in [0.1, 0.15) is 116 Å². The fraction of sp³-hybridized carbons (Fsp3) is 0.875. The number of hydrogen-bond donors (Lipinski definition) is 1. The van der Waals surface area contributed by atoms with E-state index in [1.807, 2.05) is 0 Å². The highest BCUT2D eigenvalue weighted by molar-refractivity contribution is 7.85. The largest absolute Gasteiger partial charge is 0.455 e. The van der Waals surface area contributed by atoms with E-state index in [2.05, 4.69) is 16.9 Å². The van der Waals surface area contributed by atoms with Gasteiger partial charge in [0.15, 0.2) is 0 Å². The third-order valence-corrected chi connectivity index (χ3v) is 7.80. The number of nitrogens with zero attached hydrogens (tertiary/aromatic N) is 2. The van der Waals surface area contributed by atoms with Gasteiger partial charge in [0.25, 0.3) is 10.1 Å². The third-order valence-electron chi connectivity index (χ3n) is 7.00. The van der Waals surface area contributed by atoms with Crippen molar-refractivity contribution >= 4 is 10.1 Å². The molecule has 1 N–H and O–H groups in total. The summed E-state index contributed by atoms with van der Waals surface area (Å²) in [5.41, 5.74) is 0. The van der Waals surface area contributed by atoms with Crippen molar-refractivity contribution in [3.63, 3.8) is 0 Å². The average molecular weight is 633 g/mol. The van der Waals surface area contributed by atoms with Crippen molar-refractivity contribution in [2.45, 2.75) is 122 Å². The molecule has 0 aromatic carbocycles. The van der Waals surface area contributed by atoms with Gasteiger partial charge in [-0.3, -0.25) is 4.55 Å². The fourth-order valence-electron chi connectivity index (χ4n) is 4.58. The summed E-state index contributed by atoms with van der Waals surface area (Å²) in [5, 5.41) is 0. The van der Waals surface area contributed by atoms with E-state index < -0.39 is 10.1 Å². The first-order chi connectivity index (χ1) is 21.0. The lowest BCUT2D eigenvalue weighted by molar-refractivity contribution is -0.0305. The van der Waals surface area contributed by atoms with Crippen molar-refractivity contribution < 1.29 is 36.7 Å². The minimum atomic E-state index is -3.93. The van der Waals surface area contributed by atoms with Gasteiger partial charge in [0.1, 0.15) is 6.10 Å². The van der Waals surface area contributed by atoms with Gasteiger partial charge in [-0.15, -0.1) is 0 Å². The Hall–Kier alpha value is -1.37. The van der Waals surface area contributed by atoms with Gasteiger partial charge in [0, 0.05) is 25.6 Å². The molecule has 0 aliphatic carbocycles. The van der Waals surface area contributed by atoms with Crippen LogP contribution in [0.5, 0.6) is 6.01 Å². The molecule has 1 atom stereocenters. The molecule has 11 heteroatoms. The van der Waals surface area contributed by atoms with Gasteiger partial charge in [-0.2, -0.15) is 8.42 Å². The molecule has 0 amide bonds. The molecule has 1 aromatic heterocycles. The second-order valence-corrected chi connectivity index (χ2v) is 12.7. The molecule has 43 heavy (non-hydrogen) atoms. The van der Waals surface area contributed by atoms with E-state index in [0.717, 1.165) is 6.42 Å². The van der Waals surface area contributed by atoms with E-state index in [9.17, 15) is 8.42 Å². The van der Waals surface area contributed by atoms with E-state index in [1.54, 1.807) is 18.5 Å². The number of ether oxygens (including phenoxy) is 5. The minimum Gasteiger partial charge on any atom is -0.455 e. The summed E-state index contributed by atoms with van der Waals surface area (Å²) < 4.78 is 58.2. The maximum Gasteiger partial charge on any atom is 0.316 e. The predicted octanol–water partition coefficient (Wildman–Crippen LogP) is 6.83. The molecule has 1 aromatic rings. The molecule has 0 fully saturated rings.